The summed E-state index contributed by atoms with van der Waals surface area (Å²) in [6.07, 6.45) is 5.76. The predicted octanol–water partition coefficient (Wildman–Crippen LogP) is 3.24. The largest absolute Gasteiger partial charge is 0.477 e. The topological polar surface area (TPSA) is 51.1 Å². The lowest BCUT2D eigenvalue weighted by atomic mass is 9.98. The van der Waals surface area contributed by atoms with Gasteiger partial charge >= 0.3 is 0 Å². The van der Waals surface area contributed by atoms with Gasteiger partial charge in [-0.2, -0.15) is 0 Å². The van der Waals surface area contributed by atoms with E-state index in [1.165, 1.54) is 0 Å². The number of ether oxygens (including phenoxy) is 1. The molecule has 0 saturated carbocycles. The van der Waals surface area contributed by atoms with Gasteiger partial charge in [-0.25, -0.2) is 15.0 Å². The monoisotopic (exact) mass is 362 g/mol. The smallest absolute Gasteiger partial charge is 0.225 e. The van der Waals surface area contributed by atoms with Crippen molar-refractivity contribution in [2.24, 2.45) is 5.92 Å². The van der Waals surface area contributed by atoms with Gasteiger partial charge in [-0.15, -0.1) is 0 Å². The molecular formula is C16H19BrN4O. The van der Waals surface area contributed by atoms with E-state index in [0.29, 0.717) is 5.92 Å². The van der Waals surface area contributed by atoms with Crippen LogP contribution in [0.25, 0.3) is 0 Å². The average Bonchev–Trinajstić information content (AvgIpc) is 2.54. The highest BCUT2D eigenvalue weighted by molar-refractivity contribution is 9.10. The molecule has 6 heteroatoms. The third kappa shape index (κ3) is 3.94. The molecule has 5 nitrogen and oxygen atoms in total. The van der Waals surface area contributed by atoms with Crippen LogP contribution in [0.5, 0.6) is 5.88 Å². The molecule has 3 heterocycles. The van der Waals surface area contributed by atoms with Crippen LogP contribution in [-0.4, -0.2) is 34.6 Å². The fourth-order valence-electron chi connectivity index (χ4n) is 2.57. The van der Waals surface area contributed by atoms with E-state index in [-0.39, 0.29) is 0 Å². The maximum absolute atomic E-state index is 5.82. The number of hydrogen-bond donors (Lipinski definition) is 0. The summed E-state index contributed by atoms with van der Waals surface area (Å²) >= 11 is 3.36. The van der Waals surface area contributed by atoms with Crippen molar-refractivity contribution in [1.29, 1.82) is 0 Å². The number of nitrogens with zero attached hydrogens (tertiary/aromatic N) is 4. The summed E-state index contributed by atoms with van der Waals surface area (Å²) in [6.45, 7) is 4.64. The molecule has 1 aliphatic rings. The van der Waals surface area contributed by atoms with Crippen LogP contribution in [0.1, 0.15) is 18.5 Å². The average molecular weight is 363 g/mol. The Balaban J connectivity index is 1.48. The van der Waals surface area contributed by atoms with Gasteiger partial charge in [0.15, 0.2) is 0 Å². The highest BCUT2D eigenvalue weighted by atomic mass is 79.9. The second kappa shape index (κ2) is 7.05. The molecule has 0 unspecified atom stereocenters. The third-order valence-electron chi connectivity index (χ3n) is 3.83. The van der Waals surface area contributed by atoms with Gasteiger partial charge in [-0.1, -0.05) is 6.07 Å². The zero-order chi connectivity index (χ0) is 15.4. The summed E-state index contributed by atoms with van der Waals surface area (Å²) in [5.74, 6) is 2.09. The van der Waals surface area contributed by atoms with Gasteiger partial charge in [-0.05, 0) is 47.7 Å². The van der Waals surface area contributed by atoms with Crippen molar-refractivity contribution in [3.8, 4) is 5.88 Å². The molecule has 1 aliphatic heterocycles. The fourth-order valence-corrected chi connectivity index (χ4v) is 2.77. The highest BCUT2D eigenvalue weighted by Gasteiger charge is 2.21. The van der Waals surface area contributed by atoms with E-state index in [0.717, 1.165) is 54.5 Å². The Morgan fingerprint density at radius 1 is 1.23 bits per heavy atom. The minimum absolute atomic E-state index is 0.564. The summed E-state index contributed by atoms with van der Waals surface area (Å²) < 4.78 is 6.72. The van der Waals surface area contributed by atoms with Gasteiger partial charge in [0.1, 0.15) is 0 Å². The number of aromatic nitrogens is 3. The summed E-state index contributed by atoms with van der Waals surface area (Å²) in [5, 5.41) is 0. The first-order valence-electron chi connectivity index (χ1n) is 7.49. The zero-order valence-corrected chi connectivity index (χ0v) is 14.2. The molecule has 22 heavy (non-hydrogen) atoms. The van der Waals surface area contributed by atoms with Crippen LogP contribution in [0.15, 0.2) is 35.1 Å². The molecule has 3 rings (SSSR count). The SMILES string of the molecule is Cc1cccc(OCC2CCN(c3ncc(Br)cn3)CC2)n1. The first kappa shape index (κ1) is 15.2. The predicted molar refractivity (Wildman–Crippen MR) is 89.1 cm³/mol. The molecule has 0 radical (unpaired) electrons. The van der Waals surface area contributed by atoms with Gasteiger partial charge in [0.05, 0.1) is 11.1 Å². The fraction of sp³-hybridized carbons (Fsp3) is 0.438. The van der Waals surface area contributed by atoms with Crippen molar-refractivity contribution >= 4 is 21.9 Å². The van der Waals surface area contributed by atoms with Gasteiger partial charge in [-0.3, -0.25) is 0 Å². The highest BCUT2D eigenvalue weighted by Crippen LogP contribution is 2.22. The van der Waals surface area contributed by atoms with Crippen LogP contribution in [0, 0.1) is 12.8 Å². The van der Waals surface area contributed by atoms with E-state index in [4.69, 9.17) is 4.74 Å². The maximum Gasteiger partial charge on any atom is 0.225 e. The number of pyridine rings is 1. The van der Waals surface area contributed by atoms with Crippen LogP contribution in [-0.2, 0) is 0 Å². The molecule has 2 aromatic rings. The Hall–Kier alpha value is -1.69. The second-order valence-corrected chi connectivity index (χ2v) is 6.48. The number of anilines is 1. The van der Waals surface area contributed by atoms with Crippen molar-refractivity contribution in [1.82, 2.24) is 15.0 Å². The molecule has 116 valence electrons. The first-order chi connectivity index (χ1) is 10.7. The second-order valence-electron chi connectivity index (χ2n) is 5.56. The molecule has 0 bridgehead atoms. The molecular weight excluding hydrogens is 344 g/mol. The lowest BCUT2D eigenvalue weighted by molar-refractivity contribution is 0.215. The third-order valence-corrected chi connectivity index (χ3v) is 4.24. The van der Waals surface area contributed by atoms with Crippen molar-refractivity contribution in [2.75, 3.05) is 24.6 Å². The normalized spacial score (nSPS) is 15.8. The molecule has 0 amide bonds. The Morgan fingerprint density at radius 3 is 2.64 bits per heavy atom. The molecule has 1 fully saturated rings. The van der Waals surface area contributed by atoms with Crippen LogP contribution < -0.4 is 9.64 Å². The van der Waals surface area contributed by atoms with Gasteiger partial charge in [0.2, 0.25) is 11.8 Å². The van der Waals surface area contributed by atoms with Crippen LogP contribution >= 0.6 is 15.9 Å². The number of rotatable bonds is 4. The van der Waals surface area contributed by atoms with Crippen molar-refractivity contribution in [3.63, 3.8) is 0 Å². The van der Waals surface area contributed by atoms with E-state index in [2.05, 4.69) is 35.8 Å². The Labute approximate surface area is 138 Å². The summed E-state index contributed by atoms with van der Waals surface area (Å²) in [6, 6.07) is 5.87. The van der Waals surface area contributed by atoms with E-state index < -0.39 is 0 Å². The molecule has 0 aromatic carbocycles. The zero-order valence-electron chi connectivity index (χ0n) is 12.6. The van der Waals surface area contributed by atoms with Crippen LogP contribution in [0.4, 0.5) is 5.95 Å². The molecule has 0 spiro atoms. The lowest BCUT2D eigenvalue weighted by Gasteiger charge is -2.31. The Morgan fingerprint density at radius 2 is 1.95 bits per heavy atom. The Bertz CT molecular complexity index is 612. The number of halogens is 1. The first-order valence-corrected chi connectivity index (χ1v) is 8.29. The number of piperidine rings is 1. The van der Waals surface area contributed by atoms with Gasteiger partial charge in [0, 0.05) is 37.2 Å². The maximum atomic E-state index is 5.82. The minimum atomic E-state index is 0.564. The van der Waals surface area contributed by atoms with E-state index in [1.807, 2.05) is 25.1 Å². The molecule has 0 atom stereocenters. The lowest BCUT2D eigenvalue weighted by Crippen LogP contribution is -2.36. The summed E-state index contributed by atoms with van der Waals surface area (Å²) in [7, 11) is 0. The number of aryl methyl sites for hydroxylation is 1. The van der Waals surface area contributed by atoms with E-state index in [9.17, 15) is 0 Å². The molecule has 0 aliphatic carbocycles. The summed E-state index contributed by atoms with van der Waals surface area (Å²) in [5.41, 5.74) is 0.986. The van der Waals surface area contributed by atoms with E-state index >= 15 is 0 Å². The molecule has 1 saturated heterocycles. The van der Waals surface area contributed by atoms with Crippen molar-refractivity contribution < 1.29 is 4.74 Å². The van der Waals surface area contributed by atoms with Crippen LogP contribution in [0.2, 0.25) is 0 Å². The standard InChI is InChI=1S/C16H19BrN4O/c1-12-3-2-4-15(20-12)22-11-13-5-7-21(8-6-13)16-18-9-14(17)10-19-16/h2-4,9-10,13H,5-8,11H2,1H3. The van der Waals surface area contributed by atoms with Crippen molar-refractivity contribution in [2.45, 2.75) is 19.8 Å². The van der Waals surface area contributed by atoms with E-state index in [1.54, 1.807) is 12.4 Å². The van der Waals surface area contributed by atoms with Crippen molar-refractivity contribution in [3.05, 3.63) is 40.8 Å². The van der Waals surface area contributed by atoms with Gasteiger partial charge in [0.25, 0.3) is 0 Å². The molecule has 0 N–H and O–H groups in total. The number of hydrogen-bond acceptors (Lipinski definition) is 5. The van der Waals surface area contributed by atoms with Gasteiger partial charge < -0.3 is 9.64 Å². The quantitative estimate of drug-likeness (QED) is 0.835. The minimum Gasteiger partial charge on any atom is -0.477 e. The Kier molecular flexibility index (Phi) is 4.87. The van der Waals surface area contributed by atoms with Crippen LogP contribution in [0.3, 0.4) is 0 Å². The summed E-state index contributed by atoms with van der Waals surface area (Å²) in [4.78, 5) is 15.3. The molecule has 2 aromatic heterocycles.